The van der Waals surface area contributed by atoms with Gasteiger partial charge in [0, 0.05) is 24.7 Å². The third kappa shape index (κ3) is 3.35. The number of Topliss-reactive ketones (excluding diaryl/α,β-unsaturated/α-hetero) is 1. The second-order valence-corrected chi connectivity index (χ2v) is 7.91. The molecule has 7 heteroatoms. The number of aromatic nitrogens is 3. The van der Waals surface area contributed by atoms with Gasteiger partial charge in [-0.2, -0.15) is 4.98 Å². The van der Waals surface area contributed by atoms with Gasteiger partial charge in [-0.15, -0.1) is 0 Å². The smallest absolute Gasteiger partial charge is 0.262 e. The number of ether oxygens (including phenoxy) is 1. The fraction of sp³-hybridized carbons (Fsp3) is 0.333. The number of hydrogen-bond donors (Lipinski definition) is 2. The summed E-state index contributed by atoms with van der Waals surface area (Å²) in [5.41, 5.74) is 2.20. The van der Waals surface area contributed by atoms with E-state index >= 15 is 0 Å². The highest BCUT2D eigenvalue weighted by atomic mass is 16.5. The third-order valence-electron chi connectivity index (χ3n) is 5.06. The van der Waals surface area contributed by atoms with Crippen molar-refractivity contribution in [1.29, 1.82) is 0 Å². The number of aromatic amines is 1. The topological polar surface area (TPSA) is 97.0 Å². The van der Waals surface area contributed by atoms with Crippen molar-refractivity contribution in [2.45, 2.75) is 33.2 Å². The fourth-order valence-electron chi connectivity index (χ4n) is 3.67. The molecule has 0 aliphatic heterocycles. The second kappa shape index (κ2) is 6.74. The molecule has 0 unspecified atom stereocenters. The van der Waals surface area contributed by atoms with Crippen LogP contribution in [0.4, 0.5) is 5.95 Å². The molecule has 7 nitrogen and oxygen atoms in total. The first-order chi connectivity index (χ1) is 13.4. The zero-order chi connectivity index (χ0) is 19.9. The first-order valence-corrected chi connectivity index (χ1v) is 9.18. The molecule has 1 aliphatic rings. The Hall–Kier alpha value is -3.22. The van der Waals surface area contributed by atoms with Crippen molar-refractivity contribution in [3.8, 4) is 5.75 Å². The van der Waals surface area contributed by atoms with Gasteiger partial charge in [-0.25, -0.2) is 4.98 Å². The fourth-order valence-corrected chi connectivity index (χ4v) is 3.67. The summed E-state index contributed by atoms with van der Waals surface area (Å²) < 4.78 is 5.15. The van der Waals surface area contributed by atoms with E-state index in [0.717, 1.165) is 16.9 Å². The average molecular weight is 378 g/mol. The lowest BCUT2D eigenvalue weighted by atomic mass is 9.73. The number of hydrogen-bond acceptors (Lipinski definition) is 6. The maximum Gasteiger partial charge on any atom is 0.262 e. The normalized spacial score (nSPS) is 15.3. The van der Waals surface area contributed by atoms with Crippen molar-refractivity contribution in [2.24, 2.45) is 5.41 Å². The number of ketones is 1. The molecule has 144 valence electrons. The number of fused-ring (bicyclic) bond motifs is 3. The number of benzene rings is 1. The SMILES string of the molecule is COc1ccc(CNc2nc3ncc4c(c3c(=O)[nH]2)CC(C)(C)CC4=O)cc1. The molecule has 1 aliphatic carbocycles. The molecule has 0 bridgehead atoms. The summed E-state index contributed by atoms with van der Waals surface area (Å²) in [4.78, 5) is 36.7. The molecule has 2 heterocycles. The van der Waals surface area contributed by atoms with Crippen molar-refractivity contribution in [1.82, 2.24) is 15.0 Å². The highest BCUT2D eigenvalue weighted by Crippen LogP contribution is 2.36. The number of H-pyrrole nitrogens is 1. The Morgan fingerprint density at radius 2 is 1.93 bits per heavy atom. The van der Waals surface area contributed by atoms with Crippen LogP contribution in [0, 0.1) is 5.41 Å². The Balaban J connectivity index is 1.66. The molecule has 28 heavy (non-hydrogen) atoms. The number of nitrogens with one attached hydrogen (secondary N) is 2. The van der Waals surface area contributed by atoms with Crippen molar-refractivity contribution < 1.29 is 9.53 Å². The van der Waals surface area contributed by atoms with Crippen LogP contribution in [0.2, 0.25) is 0 Å². The molecule has 3 aromatic rings. The van der Waals surface area contributed by atoms with Crippen LogP contribution in [0.5, 0.6) is 5.75 Å². The Labute approximate surface area is 162 Å². The van der Waals surface area contributed by atoms with Gasteiger partial charge in [-0.1, -0.05) is 26.0 Å². The zero-order valence-corrected chi connectivity index (χ0v) is 16.1. The van der Waals surface area contributed by atoms with E-state index in [9.17, 15) is 9.59 Å². The number of rotatable bonds is 4. The van der Waals surface area contributed by atoms with Crippen LogP contribution in [0.25, 0.3) is 11.0 Å². The molecule has 0 radical (unpaired) electrons. The molecule has 0 saturated carbocycles. The molecule has 4 rings (SSSR count). The van der Waals surface area contributed by atoms with E-state index in [0.29, 0.717) is 41.9 Å². The number of nitrogens with zero attached hydrogens (tertiary/aromatic N) is 2. The predicted molar refractivity (Wildman–Crippen MR) is 107 cm³/mol. The van der Waals surface area contributed by atoms with Crippen LogP contribution in [0.3, 0.4) is 0 Å². The van der Waals surface area contributed by atoms with Crippen molar-refractivity contribution in [2.75, 3.05) is 12.4 Å². The minimum atomic E-state index is -0.280. The molecule has 0 spiro atoms. The number of pyridine rings is 1. The number of carbonyl (C=O) groups excluding carboxylic acids is 1. The van der Waals surface area contributed by atoms with Gasteiger partial charge >= 0.3 is 0 Å². The van der Waals surface area contributed by atoms with Gasteiger partial charge in [-0.3, -0.25) is 14.6 Å². The summed E-state index contributed by atoms with van der Waals surface area (Å²) in [5.74, 6) is 1.16. The summed E-state index contributed by atoms with van der Waals surface area (Å²) in [6, 6.07) is 7.63. The summed E-state index contributed by atoms with van der Waals surface area (Å²) in [6.45, 7) is 4.56. The highest BCUT2D eigenvalue weighted by Gasteiger charge is 2.33. The lowest BCUT2D eigenvalue weighted by Gasteiger charge is -2.30. The monoisotopic (exact) mass is 378 g/mol. The van der Waals surface area contributed by atoms with Gasteiger partial charge in [0.2, 0.25) is 5.95 Å². The van der Waals surface area contributed by atoms with Crippen LogP contribution in [0.1, 0.15) is 41.8 Å². The Bertz CT molecular complexity index is 1120. The Kier molecular flexibility index (Phi) is 4.37. The molecule has 1 aromatic carbocycles. The quantitative estimate of drug-likeness (QED) is 0.724. The minimum absolute atomic E-state index is 0.0294. The maximum atomic E-state index is 12.8. The van der Waals surface area contributed by atoms with Crippen LogP contribution in [-0.4, -0.2) is 27.8 Å². The summed E-state index contributed by atoms with van der Waals surface area (Å²) in [5, 5.41) is 3.53. The largest absolute Gasteiger partial charge is 0.497 e. The number of anilines is 1. The van der Waals surface area contributed by atoms with Crippen molar-refractivity contribution in [3.63, 3.8) is 0 Å². The van der Waals surface area contributed by atoms with E-state index in [1.807, 2.05) is 38.1 Å². The highest BCUT2D eigenvalue weighted by molar-refractivity contribution is 6.02. The standard InChI is InChI=1S/C21H22N4O3/c1-21(2)8-14-15(16(26)9-21)11-22-18-17(14)19(27)25-20(24-18)23-10-12-4-6-13(28-3)7-5-12/h4-7,11H,8-10H2,1-3H3,(H2,22,23,24,25,27). The van der Waals surface area contributed by atoms with Gasteiger partial charge in [-0.05, 0) is 35.1 Å². The molecule has 0 amide bonds. The number of methoxy groups -OCH3 is 1. The van der Waals surface area contributed by atoms with Crippen molar-refractivity contribution >= 4 is 22.8 Å². The predicted octanol–water partition coefficient (Wildman–Crippen LogP) is 3.09. The molecular weight excluding hydrogens is 356 g/mol. The molecule has 2 N–H and O–H groups in total. The van der Waals surface area contributed by atoms with E-state index in [2.05, 4.69) is 20.3 Å². The number of carbonyl (C=O) groups is 1. The Morgan fingerprint density at radius 1 is 1.18 bits per heavy atom. The molecule has 0 saturated heterocycles. The third-order valence-corrected chi connectivity index (χ3v) is 5.06. The van der Waals surface area contributed by atoms with Crippen LogP contribution >= 0.6 is 0 Å². The molecular formula is C21H22N4O3. The van der Waals surface area contributed by atoms with Crippen LogP contribution in [-0.2, 0) is 13.0 Å². The molecule has 0 atom stereocenters. The average Bonchev–Trinajstić information content (AvgIpc) is 2.65. The van der Waals surface area contributed by atoms with E-state index in [1.54, 1.807) is 13.3 Å². The van der Waals surface area contributed by atoms with Gasteiger partial charge < -0.3 is 10.1 Å². The minimum Gasteiger partial charge on any atom is -0.497 e. The van der Waals surface area contributed by atoms with Crippen LogP contribution in [0.15, 0.2) is 35.3 Å². The van der Waals surface area contributed by atoms with Crippen molar-refractivity contribution in [3.05, 3.63) is 57.5 Å². The second-order valence-electron chi connectivity index (χ2n) is 7.91. The van der Waals surface area contributed by atoms with Crippen LogP contribution < -0.4 is 15.6 Å². The summed E-state index contributed by atoms with van der Waals surface area (Å²) in [7, 11) is 1.62. The summed E-state index contributed by atoms with van der Waals surface area (Å²) in [6.07, 6.45) is 2.66. The first-order valence-electron chi connectivity index (χ1n) is 9.18. The summed E-state index contributed by atoms with van der Waals surface area (Å²) >= 11 is 0. The zero-order valence-electron chi connectivity index (χ0n) is 16.1. The van der Waals surface area contributed by atoms with E-state index in [4.69, 9.17) is 4.74 Å². The molecule has 2 aromatic heterocycles. The maximum absolute atomic E-state index is 12.8. The van der Waals surface area contributed by atoms with Gasteiger partial charge in [0.25, 0.3) is 5.56 Å². The van der Waals surface area contributed by atoms with E-state index in [-0.39, 0.29) is 16.8 Å². The Morgan fingerprint density at radius 3 is 2.64 bits per heavy atom. The lowest BCUT2D eigenvalue weighted by Crippen LogP contribution is -2.29. The van der Waals surface area contributed by atoms with E-state index in [1.165, 1.54) is 0 Å². The molecule has 0 fully saturated rings. The van der Waals surface area contributed by atoms with E-state index < -0.39 is 0 Å². The van der Waals surface area contributed by atoms with Gasteiger partial charge in [0.15, 0.2) is 11.4 Å². The van der Waals surface area contributed by atoms with Gasteiger partial charge in [0.05, 0.1) is 12.5 Å². The van der Waals surface area contributed by atoms with Gasteiger partial charge in [0.1, 0.15) is 5.75 Å². The lowest BCUT2D eigenvalue weighted by molar-refractivity contribution is 0.0912. The first kappa shape index (κ1) is 18.2.